The third kappa shape index (κ3) is 3.80. The summed E-state index contributed by atoms with van der Waals surface area (Å²) in [4.78, 5) is 0. The first kappa shape index (κ1) is 14.9. The Kier molecular flexibility index (Phi) is 5.10. The van der Waals surface area contributed by atoms with Crippen LogP contribution in [0.3, 0.4) is 0 Å². The normalized spacial score (nSPS) is 37.4. The van der Waals surface area contributed by atoms with Crippen molar-refractivity contribution in [3.8, 4) is 0 Å². The van der Waals surface area contributed by atoms with Gasteiger partial charge in [0.05, 0.1) is 0 Å². The van der Waals surface area contributed by atoms with Crippen molar-refractivity contribution in [2.24, 2.45) is 23.2 Å². The molecule has 0 aromatic carbocycles. The van der Waals surface area contributed by atoms with Crippen molar-refractivity contribution in [1.29, 1.82) is 0 Å². The molecule has 3 aliphatic rings. The van der Waals surface area contributed by atoms with Crippen molar-refractivity contribution in [3.05, 3.63) is 0 Å². The van der Waals surface area contributed by atoms with Gasteiger partial charge in [0.15, 0.2) is 0 Å². The maximum absolute atomic E-state index is 2.62. The van der Waals surface area contributed by atoms with E-state index in [0.717, 1.165) is 23.2 Å². The number of hydrogen-bond donors (Lipinski definition) is 0. The Hall–Kier alpha value is 0. The molecule has 0 heteroatoms. The van der Waals surface area contributed by atoms with E-state index < -0.39 is 0 Å². The molecule has 0 nitrogen and oxygen atoms in total. The van der Waals surface area contributed by atoms with Gasteiger partial charge in [-0.3, -0.25) is 0 Å². The van der Waals surface area contributed by atoms with Crippen LogP contribution in [-0.4, -0.2) is 0 Å². The molecule has 0 spiro atoms. The van der Waals surface area contributed by atoms with E-state index in [9.17, 15) is 0 Å². The standard InChI is InChI=1S/C20H36/c1-20(14-12-17-8-4-2-5-9-17)15-13-19(16-20)18-10-6-3-7-11-18/h17-19H,2-16H2,1H3. The Labute approximate surface area is 127 Å². The molecule has 116 valence electrons. The van der Waals surface area contributed by atoms with Gasteiger partial charge in [-0.15, -0.1) is 0 Å². The van der Waals surface area contributed by atoms with E-state index >= 15 is 0 Å². The van der Waals surface area contributed by atoms with Crippen molar-refractivity contribution in [1.82, 2.24) is 0 Å². The molecule has 0 bridgehead atoms. The first-order valence-electron chi connectivity index (χ1n) is 9.75. The van der Waals surface area contributed by atoms with E-state index in [0.29, 0.717) is 0 Å². The van der Waals surface area contributed by atoms with E-state index in [-0.39, 0.29) is 0 Å². The van der Waals surface area contributed by atoms with Gasteiger partial charge in [-0.1, -0.05) is 71.1 Å². The van der Waals surface area contributed by atoms with Crippen molar-refractivity contribution in [2.75, 3.05) is 0 Å². The molecule has 2 atom stereocenters. The van der Waals surface area contributed by atoms with Crippen molar-refractivity contribution in [2.45, 2.75) is 103 Å². The highest BCUT2D eigenvalue weighted by Crippen LogP contribution is 2.50. The zero-order valence-corrected chi connectivity index (χ0v) is 13.8. The van der Waals surface area contributed by atoms with Gasteiger partial charge in [0.25, 0.3) is 0 Å². The minimum atomic E-state index is 0.722. The highest BCUT2D eigenvalue weighted by atomic mass is 14.4. The van der Waals surface area contributed by atoms with E-state index in [1.807, 2.05) is 0 Å². The molecular weight excluding hydrogens is 240 g/mol. The topological polar surface area (TPSA) is 0 Å². The van der Waals surface area contributed by atoms with E-state index in [1.54, 1.807) is 57.8 Å². The van der Waals surface area contributed by atoms with Gasteiger partial charge in [0.2, 0.25) is 0 Å². The lowest BCUT2D eigenvalue weighted by atomic mass is 9.74. The number of hydrogen-bond acceptors (Lipinski definition) is 0. The van der Waals surface area contributed by atoms with Crippen LogP contribution in [0.5, 0.6) is 0 Å². The summed E-state index contributed by atoms with van der Waals surface area (Å²) < 4.78 is 0. The molecule has 0 aromatic heterocycles. The zero-order valence-electron chi connectivity index (χ0n) is 13.8. The van der Waals surface area contributed by atoms with Gasteiger partial charge in [0, 0.05) is 0 Å². The second-order valence-corrected chi connectivity index (χ2v) is 8.75. The predicted molar refractivity (Wildman–Crippen MR) is 87.8 cm³/mol. The van der Waals surface area contributed by atoms with Crippen LogP contribution in [0.1, 0.15) is 103 Å². The maximum Gasteiger partial charge on any atom is -0.0323 e. The number of rotatable bonds is 4. The van der Waals surface area contributed by atoms with Crippen LogP contribution in [0.15, 0.2) is 0 Å². The average molecular weight is 277 g/mol. The van der Waals surface area contributed by atoms with Gasteiger partial charge in [0.1, 0.15) is 0 Å². The molecule has 0 aliphatic heterocycles. The second kappa shape index (κ2) is 6.84. The van der Waals surface area contributed by atoms with Crippen LogP contribution < -0.4 is 0 Å². The van der Waals surface area contributed by atoms with Gasteiger partial charge >= 0.3 is 0 Å². The van der Waals surface area contributed by atoms with Crippen LogP contribution >= 0.6 is 0 Å². The lowest BCUT2D eigenvalue weighted by molar-refractivity contribution is 0.204. The average Bonchev–Trinajstić information content (AvgIpc) is 2.90. The molecule has 20 heavy (non-hydrogen) atoms. The Morgan fingerprint density at radius 3 is 2.10 bits per heavy atom. The maximum atomic E-state index is 2.62. The minimum Gasteiger partial charge on any atom is -0.0596 e. The smallest absolute Gasteiger partial charge is 0.0323 e. The van der Waals surface area contributed by atoms with Gasteiger partial charge < -0.3 is 0 Å². The molecule has 0 aromatic rings. The molecule has 0 radical (unpaired) electrons. The quantitative estimate of drug-likeness (QED) is 0.533. The van der Waals surface area contributed by atoms with Crippen molar-refractivity contribution < 1.29 is 0 Å². The molecule has 2 unspecified atom stereocenters. The van der Waals surface area contributed by atoms with E-state index in [4.69, 9.17) is 0 Å². The molecular formula is C20H36. The SMILES string of the molecule is CC1(CCC2CCCCC2)CCC(C2CCCCC2)C1. The molecule has 0 heterocycles. The summed E-state index contributed by atoms with van der Waals surface area (Å²) in [6.07, 6.45) is 23.1. The molecule has 3 fully saturated rings. The Balaban J connectivity index is 1.44. The Morgan fingerprint density at radius 1 is 0.750 bits per heavy atom. The molecule has 3 rings (SSSR count). The third-order valence-electron chi connectivity index (χ3n) is 7.07. The first-order chi connectivity index (χ1) is 9.75. The van der Waals surface area contributed by atoms with E-state index in [2.05, 4.69) is 6.92 Å². The van der Waals surface area contributed by atoms with Crippen LogP contribution in [-0.2, 0) is 0 Å². The molecule has 0 saturated heterocycles. The van der Waals surface area contributed by atoms with Crippen LogP contribution in [0.2, 0.25) is 0 Å². The van der Waals surface area contributed by atoms with E-state index in [1.165, 1.54) is 38.5 Å². The lowest BCUT2D eigenvalue weighted by Crippen LogP contribution is -2.19. The Morgan fingerprint density at radius 2 is 1.40 bits per heavy atom. The van der Waals surface area contributed by atoms with Crippen LogP contribution in [0, 0.1) is 23.2 Å². The predicted octanol–water partition coefficient (Wildman–Crippen LogP) is 6.73. The fourth-order valence-electron chi connectivity index (χ4n) is 5.63. The monoisotopic (exact) mass is 276 g/mol. The van der Waals surface area contributed by atoms with Crippen LogP contribution in [0.4, 0.5) is 0 Å². The summed E-state index contributed by atoms with van der Waals surface area (Å²) in [5.41, 5.74) is 0.722. The summed E-state index contributed by atoms with van der Waals surface area (Å²) in [6, 6.07) is 0. The summed E-state index contributed by atoms with van der Waals surface area (Å²) in [5, 5.41) is 0. The van der Waals surface area contributed by atoms with Crippen LogP contribution in [0.25, 0.3) is 0 Å². The fraction of sp³-hybridized carbons (Fsp3) is 1.00. The van der Waals surface area contributed by atoms with Gasteiger partial charge in [-0.2, -0.15) is 0 Å². The Bertz CT molecular complexity index is 282. The molecule has 3 saturated carbocycles. The largest absolute Gasteiger partial charge is 0.0596 e. The zero-order chi connectivity index (χ0) is 13.8. The van der Waals surface area contributed by atoms with Gasteiger partial charge in [-0.25, -0.2) is 0 Å². The van der Waals surface area contributed by atoms with Crippen molar-refractivity contribution in [3.63, 3.8) is 0 Å². The summed E-state index contributed by atoms with van der Waals surface area (Å²) in [5.74, 6) is 3.31. The second-order valence-electron chi connectivity index (χ2n) is 8.75. The lowest BCUT2D eigenvalue weighted by Gasteiger charge is -2.31. The first-order valence-corrected chi connectivity index (χ1v) is 9.75. The van der Waals surface area contributed by atoms with Crippen molar-refractivity contribution >= 4 is 0 Å². The summed E-state index contributed by atoms with van der Waals surface area (Å²) >= 11 is 0. The fourth-order valence-corrected chi connectivity index (χ4v) is 5.63. The molecule has 0 N–H and O–H groups in total. The minimum absolute atomic E-state index is 0.722. The van der Waals surface area contributed by atoms with Gasteiger partial charge in [-0.05, 0) is 55.3 Å². The highest BCUT2D eigenvalue weighted by Gasteiger charge is 2.38. The summed E-state index contributed by atoms with van der Waals surface area (Å²) in [6.45, 7) is 2.62. The molecule has 3 aliphatic carbocycles. The summed E-state index contributed by atoms with van der Waals surface area (Å²) in [7, 11) is 0. The highest BCUT2D eigenvalue weighted by molar-refractivity contribution is 4.90. The third-order valence-corrected chi connectivity index (χ3v) is 7.07. The molecule has 0 amide bonds.